The van der Waals surface area contributed by atoms with Gasteiger partial charge in [-0.1, -0.05) is 23.1 Å². The molecule has 0 aliphatic carbocycles. The maximum absolute atomic E-state index is 11.8. The lowest BCUT2D eigenvalue weighted by Gasteiger charge is -2.07. The summed E-state index contributed by atoms with van der Waals surface area (Å²) in [4.78, 5) is 15.8. The minimum Gasteiger partial charge on any atom is -0.301 e. The number of aromatic nitrogens is 3. The van der Waals surface area contributed by atoms with Crippen LogP contribution in [-0.4, -0.2) is 26.3 Å². The topological polar surface area (TPSA) is 67.8 Å². The predicted octanol–water partition coefficient (Wildman–Crippen LogP) is 2.42. The number of aryl methyl sites for hydroxylation is 1. The highest BCUT2D eigenvalue weighted by atomic mass is 32.2. The summed E-state index contributed by atoms with van der Waals surface area (Å²) in [6.07, 6.45) is 1.66. The Labute approximate surface area is 111 Å². The number of rotatable bonds is 4. The first-order valence-electron chi connectivity index (χ1n) is 4.82. The minimum absolute atomic E-state index is 0.0715. The minimum atomic E-state index is -0.216. The SMILES string of the molecule is Cc1nnc(S[C@H](C)C(=O)Nc2nccs2)s1. The van der Waals surface area contributed by atoms with E-state index in [2.05, 4.69) is 20.5 Å². The molecule has 90 valence electrons. The molecule has 0 saturated carbocycles. The third-order valence-electron chi connectivity index (χ3n) is 1.82. The van der Waals surface area contributed by atoms with Gasteiger partial charge in [-0.2, -0.15) is 0 Å². The molecule has 2 aromatic rings. The number of nitrogens with zero attached hydrogens (tertiary/aromatic N) is 3. The zero-order chi connectivity index (χ0) is 12.3. The largest absolute Gasteiger partial charge is 0.301 e. The smallest absolute Gasteiger partial charge is 0.239 e. The van der Waals surface area contributed by atoms with Gasteiger partial charge < -0.3 is 5.32 Å². The molecule has 17 heavy (non-hydrogen) atoms. The van der Waals surface area contributed by atoms with Gasteiger partial charge >= 0.3 is 0 Å². The molecule has 0 aliphatic rings. The molecule has 1 amide bonds. The second kappa shape index (κ2) is 5.56. The highest BCUT2D eigenvalue weighted by Crippen LogP contribution is 2.26. The van der Waals surface area contributed by atoms with Crippen LogP contribution in [0.25, 0.3) is 0 Å². The van der Waals surface area contributed by atoms with Crippen LogP contribution in [0.5, 0.6) is 0 Å². The van der Waals surface area contributed by atoms with Gasteiger partial charge in [-0.15, -0.1) is 21.5 Å². The Bertz CT molecular complexity index is 496. The van der Waals surface area contributed by atoms with Crippen molar-refractivity contribution in [3.05, 3.63) is 16.6 Å². The molecule has 0 unspecified atom stereocenters. The Morgan fingerprint density at radius 2 is 2.35 bits per heavy atom. The number of hydrogen-bond donors (Lipinski definition) is 1. The fraction of sp³-hybridized carbons (Fsp3) is 0.333. The summed E-state index contributed by atoms with van der Waals surface area (Å²) in [6.45, 7) is 3.73. The molecule has 2 rings (SSSR count). The van der Waals surface area contributed by atoms with Crippen molar-refractivity contribution in [1.82, 2.24) is 15.2 Å². The van der Waals surface area contributed by atoms with Gasteiger partial charge in [-0.25, -0.2) is 4.98 Å². The second-order valence-corrected chi connectivity index (χ2v) is 6.84. The fourth-order valence-corrected chi connectivity index (χ4v) is 3.51. The molecule has 2 heterocycles. The van der Waals surface area contributed by atoms with Crippen molar-refractivity contribution in [2.45, 2.75) is 23.4 Å². The van der Waals surface area contributed by atoms with Crippen molar-refractivity contribution in [3.63, 3.8) is 0 Å². The van der Waals surface area contributed by atoms with E-state index in [1.54, 1.807) is 6.20 Å². The van der Waals surface area contributed by atoms with E-state index in [1.165, 1.54) is 34.4 Å². The number of thiazole rings is 1. The Morgan fingerprint density at radius 1 is 1.53 bits per heavy atom. The Morgan fingerprint density at radius 3 is 2.94 bits per heavy atom. The van der Waals surface area contributed by atoms with Crippen LogP contribution in [0.4, 0.5) is 5.13 Å². The summed E-state index contributed by atoms with van der Waals surface area (Å²) in [7, 11) is 0. The quantitative estimate of drug-likeness (QED) is 0.874. The number of carbonyl (C=O) groups is 1. The molecule has 0 fully saturated rings. The molecular weight excluding hydrogens is 276 g/mol. The van der Waals surface area contributed by atoms with E-state index < -0.39 is 0 Å². The van der Waals surface area contributed by atoms with Crippen LogP contribution in [0, 0.1) is 6.92 Å². The van der Waals surface area contributed by atoms with E-state index in [-0.39, 0.29) is 11.2 Å². The summed E-state index contributed by atoms with van der Waals surface area (Å²) in [5.41, 5.74) is 0. The van der Waals surface area contributed by atoms with Gasteiger partial charge in [0.05, 0.1) is 5.25 Å². The lowest BCUT2D eigenvalue weighted by molar-refractivity contribution is -0.115. The van der Waals surface area contributed by atoms with Crippen LogP contribution in [0.1, 0.15) is 11.9 Å². The molecule has 0 bridgehead atoms. The van der Waals surface area contributed by atoms with Crippen molar-refractivity contribution in [3.8, 4) is 0 Å². The van der Waals surface area contributed by atoms with E-state index in [0.29, 0.717) is 5.13 Å². The van der Waals surface area contributed by atoms with Crippen LogP contribution in [0.3, 0.4) is 0 Å². The van der Waals surface area contributed by atoms with Crippen LogP contribution in [0.15, 0.2) is 15.9 Å². The molecule has 0 aromatic carbocycles. The highest BCUT2D eigenvalue weighted by Gasteiger charge is 2.17. The number of nitrogens with one attached hydrogen (secondary N) is 1. The summed E-state index contributed by atoms with van der Waals surface area (Å²) < 4.78 is 0.810. The van der Waals surface area contributed by atoms with E-state index in [4.69, 9.17) is 0 Å². The third-order valence-corrected chi connectivity index (χ3v) is 4.53. The molecule has 1 N–H and O–H groups in total. The maximum Gasteiger partial charge on any atom is 0.239 e. The lowest BCUT2D eigenvalue weighted by atomic mass is 10.4. The molecule has 8 heteroatoms. The van der Waals surface area contributed by atoms with Crippen molar-refractivity contribution in [2.75, 3.05) is 5.32 Å². The molecule has 1 atom stereocenters. The Hall–Kier alpha value is -0.990. The summed E-state index contributed by atoms with van der Waals surface area (Å²) in [5.74, 6) is -0.0715. The molecule has 0 aliphatic heterocycles. The predicted molar refractivity (Wildman–Crippen MR) is 70.7 cm³/mol. The summed E-state index contributed by atoms with van der Waals surface area (Å²) >= 11 is 4.29. The van der Waals surface area contributed by atoms with Crippen molar-refractivity contribution in [2.24, 2.45) is 0 Å². The maximum atomic E-state index is 11.8. The van der Waals surface area contributed by atoms with Gasteiger partial charge in [0.1, 0.15) is 5.01 Å². The zero-order valence-corrected chi connectivity index (χ0v) is 11.7. The Balaban J connectivity index is 1.91. The van der Waals surface area contributed by atoms with E-state index in [9.17, 15) is 4.79 Å². The normalized spacial score (nSPS) is 12.4. The number of anilines is 1. The monoisotopic (exact) mass is 286 g/mol. The van der Waals surface area contributed by atoms with Crippen LogP contribution in [-0.2, 0) is 4.79 Å². The molecule has 0 saturated heterocycles. The van der Waals surface area contributed by atoms with Crippen LogP contribution in [0.2, 0.25) is 0 Å². The molecule has 0 radical (unpaired) electrons. The standard InChI is InChI=1S/C9H10N4OS3/c1-5(16-9-13-12-6(2)17-9)7(14)11-8-10-3-4-15-8/h3-5H,1-2H3,(H,10,11,14)/t5-/m1/s1. The van der Waals surface area contributed by atoms with Gasteiger partial charge in [0.25, 0.3) is 0 Å². The molecule has 5 nitrogen and oxygen atoms in total. The molecular formula is C9H10N4OS3. The van der Waals surface area contributed by atoms with Gasteiger partial charge in [-0.05, 0) is 13.8 Å². The first-order chi connectivity index (χ1) is 8.15. The van der Waals surface area contributed by atoms with E-state index >= 15 is 0 Å². The average molecular weight is 286 g/mol. The van der Waals surface area contributed by atoms with E-state index in [1.807, 2.05) is 19.2 Å². The number of hydrogen-bond acceptors (Lipinski definition) is 7. The van der Waals surface area contributed by atoms with Crippen LogP contribution < -0.4 is 5.32 Å². The van der Waals surface area contributed by atoms with Gasteiger partial charge in [0.15, 0.2) is 9.47 Å². The third kappa shape index (κ3) is 3.48. The fourth-order valence-electron chi connectivity index (χ4n) is 1.02. The number of thioether (sulfide) groups is 1. The summed E-state index contributed by atoms with van der Waals surface area (Å²) in [6, 6.07) is 0. The molecule has 2 aromatic heterocycles. The van der Waals surface area contributed by atoms with Crippen molar-refractivity contribution in [1.29, 1.82) is 0 Å². The van der Waals surface area contributed by atoms with Crippen molar-refractivity contribution < 1.29 is 4.79 Å². The first-order valence-corrected chi connectivity index (χ1v) is 7.40. The zero-order valence-electron chi connectivity index (χ0n) is 9.21. The Kier molecular flexibility index (Phi) is 4.08. The van der Waals surface area contributed by atoms with Crippen LogP contribution >= 0.6 is 34.4 Å². The highest BCUT2D eigenvalue weighted by molar-refractivity contribution is 8.02. The lowest BCUT2D eigenvalue weighted by Crippen LogP contribution is -2.22. The first kappa shape index (κ1) is 12.5. The average Bonchev–Trinajstić information content (AvgIpc) is 2.90. The van der Waals surface area contributed by atoms with E-state index in [0.717, 1.165) is 9.35 Å². The number of amides is 1. The van der Waals surface area contributed by atoms with Gasteiger partial charge in [-0.3, -0.25) is 4.79 Å². The number of carbonyl (C=O) groups excluding carboxylic acids is 1. The van der Waals surface area contributed by atoms with Crippen molar-refractivity contribution >= 4 is 45.5 Å². The molecule has 0 spiro atoms. The van der Waals surface area contributed by atoms with Gasteiger partial charge in [0, 0.05) is 11.6 Å². The summed E-state index contributed by atoms with van der Waals surface area (Å²) in [5, 5.41) is 13.8. The second-order valence-electron chi connectivity index (χ2n) is 3.17. The van der Waals surface area contributed by atoms with Gasteiger partial charge in [0.2, 0.25) is 5.91 Å².